The topological polar surface area (TPSA) is 107 Å². The summed E-state index contributed by atoms with van der Waals surface area (Å²) in [6.07, 6.45) is -1.28. The number of nitrogens with one attached hydrogen (secondary N) is 1. The Hall–Kier alpha value is -2.40. The minimum Gasteiger partial charge on any atom is -0.321 e. The van der Waals surface area contributed by atoms with Crippen LogP contribution in [-0.2, 0) is 22.7 Å². The van der Waals surface area contributed by atoms with E-state index in [9.17, 15) is 26.4 Å². The first-order valence-electron chi connectivity index (χ1n) is 8.54. The van der Waals surface area contributed by atoms with E-state index in [1.54, 1.807) is 0 Å². The van der Waals surface area contributed by atoms with Gasteiger partial charge in [0.25, 0.3) is 5.91 Å². The molecule has 2 aromatic rings. The molecule has 2 bridgehead atoms. The molecule has 1 heterocycles. The number of amides is 1. The van der Waals surface area contributed by atoms with E-state index in [0.29, 0.717) is 12.1 Å². The van der Waals surface area contributed by atoms with Crippen molar-refractivity contribution in [3.8, 4) is 0 Å². The van der Waals surface area contributed by atoms with Crippen LogP contribution < -0.4 is 10.5 Å². The van der Waals surface area contributed by atoms with Gasteiger partial charge in [0.05, 0.1) is 11.1 Å². The molecule has 3 aliphatic carbocycles. The summed E-state index contributed by atoms with van der Waals surface area (Å²) in [4.78, 5) is 12.4. The molecule has 0 spiro atoms. The van der Waals surface area contributed by atoms with Crippen molar-refractivity contribution in [3.63, 3.8) is 0 Å². The molecule has 3 saturated carbocycles. The SMILES string of the molecule is NS(=O)(=O)c1cccc(NC(=O)c2c(C(F)(F)F)cnn2CC23CC(C2)C3)c1. The van der Waals surface area contributed by atoms with Gasteiger partial charge in [-0.2, -0.15) is 18.3 Å². The van der Waals surface area contributed by atoms with Gasteiger partial charge in [-0.3, -0.25) is 9.48 Å². The molecular weight excluding hydrogens is 397 g/mol. The number of nitrogens with zero attached hydrogens (tertiary/aromatic N) is 2. The number of carbonyl (C=O) groups is 1. The van der Waals surface area contributed by atoms with Gasteiger partial charge in [-0.1, -0.05) is 6.07 Å². The molecule has 5 rings (SSSR count). The van der Waals surface area contributed by atoms with E-state index in [4.69, 9.17) is 5.14 Å². The van der Waals surface area contributed by atoms with Crippen LogP contribution in [0.15, 0.2) is 35.4 Å². The molecule has 1 aromatic carbocycles. The van der Waals surface area contributed by atoms with Crippen molar-refractivity contribution in [2.75, 3.05) is 5.32 Å². The van der Waals surface area contributed by atoms with E-state index >= 15 is 0 Å². The molecule has 7 nitrogen and oxygen atoms in total. The fraction of sp³-hybridized carbons (Fsp3) is 0.412. The third-order valence-corrected chi connectivity index (χ3v) is 6.34. The van der Waals surface area contributed by atoms with Crippen molar-refractivity contribution in [3.05, 3.63) is 41.7 Å². The highest BCUT2D eigenvalue weighted by atomic mass is 32.2. The van der Waals surface area contributed by atoms with E-state index in [1.165, 1.54) is 18.2 Å². The van der Waals surface area contributed by atoms with Crippen LogP contribution in [0.5, 0.6) is 0 Å². The van der Waals surface area contributed by atoms with Crippen molar-refractivity contribution in [1.82, 2.24) is 9.78 Å². The van der Waals surface area contributed by atoms with Crippen LogP contribution in [0.4, 0.5) is 18.9 Å². The standard InChI is InChI=1S/C17H17F3N4O3S/c18-17(19,20)13-8-22-24(9-16-5-10(6-16)7-16)14(13)15(25)23-11-2-1-3-12(4-11)28(21,26)27/h1-4,8,10H,5-7,9H2,(H,23,25)(H2,21,26,27). The van der Waals surface area contributed by atoms with Crippen molar-refractivity contribution in [1.29, 1.82) is 0 Å². The second-order valence-electron chi connectivity index (χ2n) is 7.57. The number of carbonyl (C=O) groups excluding carboxylic acids is 1. The lowest BCUT2D eigenvalue weighted by molar-refractivity contribution is -0.138. The Morgan fingerprint density at radius 2 is 2.00 bits per heavy atom. The second-order valence-corrected chi connectivity index (χ2v) is 9.13. The summed E-state index contributed by atoms with van der Waals surface area (Å²) in [6, 6.07) is 5.00. The highest BCUT2D eigenvalue weighted by Crippen LogP contribution is 2.65. The smallest absolute Gasteiger partial charge is 0.321 e. The maximum absolute atomic E-state index is 13.4. The minimum absolute atomic E-state index is 0.0166. The van der Waals surface area contributed by atoms with Gasteiger partial charge in [-0.25, -0.2) is 13.6 Å². The van der Waals surface area contributed by atoms with Crippen molar-refractivity contribution < 1.29 is 26.4 Å². The van der Waals surface area contributed by atoms with Gasteiger partial charge in [0.2, 0.25) is 10.0 Å². The summed E-state index contributed by atoms with van der Waals surface area (Å²) in [6.45, 7) is 0.250. The Morgan fingerprint density at radius 1 is 1.32 bits per heavy atom. The van der Waals surface area contributed by atoms with Gasteiger partial charge in [0.15, 0.2) is 0 Å². The van der Waals surface area contributed by atoms with Gasteiger partial charge in [0, 0.05) is 12.2 Å². The van der Waals surface area contributed by atoms with Gasteiger partial charge >= 0.3 is 6.18 Å². The summed E-state index contributed by atoms with van der Waals surface area (Å²) in [5.74, 6) is -0.376. The number of nitrogens with two attached hydrogens (primary N) is 1. The maximum atomic E-state index is 13.4. The lowest BCUT2D eigenvalue weighted by Gasteiger charge is -2.61. The Bertz CT molecular complexity index is 1040. The van der Waals surface area contributed by atoms with E-state index < -0.39 is 33.4 Å². The summed E-state index contributed by atoms with van der Waals surface area (Å²) >= 11 is 0. The molecule has 0 saturated heterocycles. The zero-order valence-electron chi connectivity index (χ0n) is 14.5. The fourth-order valence-electron chi connectivity index (χ4n) is 4.06. The van der Waals surface area contributed by atoms with Gasteiger partial charge in [-0.05, 0) is 48.8 Å². The van der Waals surface area contributed by atoms with Gasteiger partial charge < -0.3 is 5.32 Å². The van der Waals surface area contributed by atoms with Crippen LogP contribution >= 0.6 is 0 Å². The number of anilines is 1. The molecule has 0 unspecified atom stereocenters. The first-order valence-corrected chi connectivity index (χ1v) is 10.1. The van der Waals surface area contributed by atoms with E-state index in [1.807, 2.05) is 0 Å². The molecule has 1 aromatic heterocycles. The van der Waals surface area contributed by atoms with Crippen molar-refractivity contribution in [2.45, 2.75) is 36.9 Å². The monoisotopic (exact) mass is 414 g/mol. The van der Waals surface area contributed by atoms with Crippen LogP contribution in [0.1, 0.15) is 35.3 Å². The number of alkyl halides is 3. The van der Waals surface area contributed by atoms with Crippen LogP contribution in [0.25, 0.3) is 0 Å². The summed E-state index contributed by atoms with van der Waals surface area (Å²) in [7, 11) is -4.02. The molecule has 0 radical (unpaired) electrons. The van der Waals surface area contributed by atoms with Crippen LogP contribution in [0.2, 0.25) is 0 Å². The van der Waals surface area contributed by atoms with Crippen LogP contribution in [-0.4, -0.2) is 24.1 Å². The van der Waals surface area contributed by atoms with Gasteiger partial charge in [-0.15, -0.1) is 0 Å². The fourth-order valence-corrected chi connectivity index (χ4v) is 4.62. The third-order valence-electron chi connectivity index (χ3n) is 5.43. The molecule has 0 atom stereocenters. The third kappa shape index (κ3) is 3.28. The van der Waals surface area contributed by atoms with Crippen LogP contribution in [0, 0.1) is 11.3 Å². The number of primary sulfonamides is 1. The number of benzene rings is 1. The molecule has 11 heteroatoms. The predicted octanol–water partition coefficient (Wildman–Crippen LogP) is 2.60. The Labute approximate surface area is 158 Å². The highest BCUT2D eigenvalue weighted by Gasteiger charge is 2.57. The molecule has 3 N–H and O–H groups in total. The summed E-state index contributed by atoms with van der Waals surface area (Å²) in [5.41, 5.74) is -1.76. The van der Waals surface area contributed by atoms with E-state index in [2.05, 4.69) is 10.4 Å². The molecule has 150 valence electrons. The Balaban J connectivity index is 1.65. The minimum atomic E-state index is -4.74. The lowest BCUT2D eigenvalue weighted by atomic mass is 9.44. The van der Waals surface area contributed by atoms with E-state index in [0.717, 1.165) is 30.0 Å². The first-order chi connectivity index (χ1) is 13.0. The zero-order valence-corrected chi connectivity index (χ0v) is 15.3. The largest absolute Gasteiger partial charge is 0.420 e. The Morgan fingerprint density at radius 3 is 2.54 bits per heavy atom. The summed E-state index contributed by atoms with van der Waals surface area (Å²) < 4.78 is 64.2. The predicted molar refractivity (Wildman–Crippen MR) is 92.8 cm³/mol. The molecule has 3 fully saturated rings. The van der Waals surface area contributed by atoms with Crippen LogP contribution in [0.3, 0.4) is 0 Å². The lowest BCUT2D eigenvalue weighted by Crippen LogP contribution is -2.54. The second kappa shape index (κ2) is 6.05. The van der Waals surface area contributed by atoms with Crippen molar-refractivity contribution >= 4 is 21.6 Å². The van der Waals surface area contributed by atoms with E-state index in [-0.39, 0.29) is 22.5 Å². The number of sulfonamides is 1. The average molecular weight is 414 g/mol. The molecule has 1 amide bonds. The van der Waals surface area contributed by atoms with Crippen molar-refractivity contribution in [2.24, 2.45) is 16.5 Å². The Kier molecular flexibility index (Phi) is 4.09. The highest BCUT2D eigenvalue weighted by molar-refractivity contribution is 7.89. The average Bonchev–Trinajstić information content (AvgIpc) is 2.93. The van der Waals surface area contributed by atoms with Gasteiger partial charge in [0.1, 0.15) is 11.3 Å². The summed E-state index contributed by atoms with van der Waals surface area (Å²) in [5, 5.41) is 11.2. The molecule has 0 aliphatic heterocycles. The number of hydrogen-bond acceptors (Lipinski definition) is 4. The number of rotatable bonds is 5. The maximum Gasteiger partial charge on any atom is 0.420 e. The quantitative estimate of drug-likeness (QED) is 0.784. The molecule has 28 heavy (non-hydrogen) atoms. The molecule has 3 aliphatic rings. The molecular formula is C17H17F3N4O3S. The zero-order chi connectivity index (χ0) is 20.3. The number of aromatic nitrogens is 2. The number of hydrogen-bond donors (Lipinski definition) is 2. The normalized spacial score (nSPS) is 23.6. The number of halogens is 3. The first kappa shape index (κ1) is 18.9.